The van der Waals surface area contributed by atoms with Gasteiger partial charge in [-0.1, -0.05) is 250 Å². The number of carbonyl (C=O) groups is 2. The molecule has 1 amide bonds. The average Bonchev–Trinajstić information content (AvgIpc) is 3.31. The molecule has 3 N–H and O–H groups in total. The maximum atomic E-state index is 13.3. The lowest BCUT2D eigenvalue weighted by atomic mass is 10.0. The largest absolute Gasteiger partial charge is 0.462 e. The number of carbonyl (C=O) groups excluding carboxylic acids is 2. The quantitative estimate of drug-likeness (QED) is 0.0321. The molecule has 3 atom stereocenters. The van der Waals surface area contributed by atoms with Crippen molar-refractivity contribution >= 4 is 11.9 Å². The molecule has 0 aliphatic carbocycles. The number of hydrogen-bond donors (Lipinski definition) is 3. The summed E-state index contributed by atoms with van der Waals surface area (Å²) in [5.74, 6) is -0.483. The summed E-state index contributed by atoms with van der Waals surface area (Å²) >= 11 is 0. The lowest BCUT2D eigenvalue weighted by Gasteiger charge is -2.24. The molecule has 6 nitrogen and oxygen atoms in total. The Kier molecular flexibility index (Phi) is 52.5. The maximum absolute atomic E-state index is 13.3. The van der Waals surface area contributed by atoms with Crippen molar-refractivity contribution < 1.29 is 24.5 Å². The van der Waals surface area contributed by atoms with E-state index in [4.69, 9.17) is 4.74 Å². The SMILES string of the molecule is CCCCC/C=C\C/C=C\CCCCCCCC(CC(=O)NC(CO)C(O)CCCCCCCCCCCCCCCCCC)OC(=O)CCCCCCC/C=C/CCCCCCCCC. The monoisotopic (exact) mass is 928 g/mol. The number of aliphatic hydroxyl groups excluding tert-OH is 2. The van der Waals surface area contributed by atoms with E-state index in [2.05, 4.69) is 62.5 Å². The van der Waals surface area contributed by atoms with Crippen LogP contribution in [-0.4, -0.2) is 46.9 Å². The van der Waals surface area contributed by atoms with Crippen LogP contribution in [0.3, 0.4) is 0 Å². The number of amides is 1. The van der Waals surface area contributed by atoms with Crippen LogP contribution in [0.1, 0.15) is 310 Å². The Morgan fingerprint density at radius 3 is 1.20 bits per heavy atom. The zero-order chi connectivity index (χ0) is 48.1. The zero-order valence-corrected chi connectivity index (χ0v) is 44.3. The van der Waals surface area contributed by atoms with Crippen LogP contribution < -0.4 is 5.32 Å². The van der Waals surface area contributed by atoms with Gasteiger partial charge in [-0.2, -0.15) is 0 Å². The Bertz CT molecular complexity index is 1090. The molecule has 0 spiro atoms. The summed E-state index contributed by atoms with van der Waals surface area (Å²) in [6.07, 6.45) is 64.9. The van der Waals surface area contributed by atoms with Crippen molar-refractivity contribution in [2.24, 2.45) is 0 Å². The second-order valence-corrected chi connectivity index (χ2v) is 20.0. The fraction of sp³-hybridized carbons (Fsp3) is 0.867. The van der Waals surface area contributed by atoms with E-state index >= 15 is 0 Å². The van der Waals surface area contributed by atoms with Gasteiger partial charge in [0.05, 0.1) is 25.2 Å². The van der Waals surface area contributed by atoms with Gasteiger partial charge in [-0.15, -0.1) is 0 Å². The number of rotatable bonds is 53. The predicted octanol–water partition coefficient (Wildman–Crippen LogP) is 18.0. The Labute approximate surface area is 411 Å². The van der Waals surface area contributed by atoms with Gasteiger partial charge in [-0.05, 0) is 83.5 Å². The summed E-state index contributed by atoms with van der Waals surface area (Å²) in [7, 11) is 0. The second-order valence-electron chi connectivity index (χ2n) is 20.0. The Morgan fingerprint density at radius 2 is 0.773 bits per heavy atom. The van der Waals surface area contributed by atoms with E-state index in [1.165, 1.54) is 193 Å². The van der Waals surface area contributed by atoms with E-state index in [0.717, 1.165) is 70.6 Å². The minimum atomic E-state index is -0.792. The van der Waals surface area contributed by atoms with Gasteiger partial charge in [0.1, 0.15) is 6.10 Å². The van der Waals surface area contributed by atoms with Crippen LogP contribution in [0.5, 0.6) is 0 Å². The Balaban J connectivity index is 4.55. The van der Waals surface area contributed by atoms with Gasteiger partial charge in [-0.3, -0.25) is 9.59 Å². The van der Waals surface area contributed by atoms with Crippen molar-refractivity contribution in [3.8, 4) is 0 Å². The highest BCUT2D eigenvalue weighted by Gasteiger charge is 2.24. The lowest BCUT2D eigenvalue weighted by Crippen LogP contribution is -2.46. The highest BCUT2D eigenvalue weighted by Crippen LogP contribution is 2.18. The standard InChI is InChI=1S/C60H113NO5/c1-4-7-10-13-16-19-22-25-28-31-34-37-40-43-46-49-52-58(63)57(55-62)61-59(64)54-56(51-48-45-42-39-36-33-30-27-24-21-18-15-12-9-6-3)66-60(65)53-50-47-44-41-38-35-32-29-26-23-20-17-14-11-8-5-2/h18,21,27,29-30,32,56-58,62-63H,4-17,19-20,22-26,28,31,33-55H2,1-3H3,(H,61,64)/b21-18-,30-27-,32-29+. The summed E-state index contributed by atoms with van der Waals surface area (Å²) in [5, 5.41) is 23.9. The van der Waals surface area contributed by atoms with Gasteiger partial charge >= 0.3 is 5.97 Å². The van der Waals surface area contributed by atoms with Gasteiger partial charge in [0.25, 0.3) is 0 Å². The second kappa shape index (κ2) is 54.0. The maximum Gasteiger partial charge on any atom is 0.306 e. The van der Waals surface area contributed by atoms with E-state index < -0.39 is 18.2 Å². The van der Waals surface area contributed by atoms with Crippen molar-refractivity contribution in [1.82, 2.24) is 5.32 Å². The van der Waals surface area contributed by atoms with E-state index in [1.807, 2.05) is 0 Å². The third-order valence-electron chi connectivity index (χ3n) is 13.4. The molecule has 0 bridgehead atoms. The smallest absolute Gasteiger partial charge is 0.306 e. The summed E-state index contributed by atoms with van der Waals surface area (Å²) in [6.45, 7) is 6.49. The van der Waals surface area contributed by atoms with Crippen molar-refractivity contribution in [2.75, 3.05) is 6.61 Å². The van der Waals surface area contributed by atoms with Gasteiger partial charge in [0.2, 0.25) is 5.91 Å². The number of allylic oxidation sites excluding steroid dienone is 6. The molecule has 3 unspecified atom stereocenters. The third-order valence-corrected chi connectivity index (χ3v) is 13.4. The van der Waals surface area contributed by atoms with Gasteiger partial charge in [0, 0.05) is 6.42 Å². The number of ether oxygens (including phenoxy) is 1. The molecule has 0 fully saturated rings. The van der Waals surface area contributed by atoms with Crippen LogP contribution >= 0.6 is 0 Å². The normalized spacial score (nSPS) is 13.3. The van der Waals surface area contributed by atoms with Crippen LogP contribution in [0.2, 0.25) is 0 Å². The molecule has 0 saturated carbocycles. The minimum Gasteiger partial charge on any atom is -0.462 e. The van der Waals surface area contributed by atoms with Gasteiger partial charge in [-0.25, -0.2) is 0 Å². The molecule has 66 heavy (non-hydrogen) atoms. The third kappa shape index (κ3) is 48.5. The molecule has 0 aliphatic rings. The molecule has 0 aromatic carbocycles. The first-order chi connectivity index (χ1) is 32.5. The molecule has 6 heteroatoms. The number of aliphatic hydroxyl groups is 2. The number of hydrogen-bond acceptors (Lipinski definition) is 5. The zero-order valence-electron chi connectivity index (χ0n) is 44.3. The molecule has 0 aromatic rings. The van der Waals surface area contributed by atoms with Crippen molar-refractivity contribution in [3.63, 3.8) is 0 Å². The first-order valence-electron chi connectivity index (χ1n) is 29.2. The average molecular weight is 929 g/mol. The van der Waals surface area contributed by atoms with Gasteiger partial charge in [0.15, 0.2) is 0 Å². The van der Waals surface area contributed by atoms with Crippen LogP contribution in [0.15, 0.2) is 36.5 Å². The number of nitrogens with one attached hydrogen (secondary N) is 1. The summed E-state index contributed by atoms with van der Waals surface area (Å²) < 4.78 is 5.96. The summed E-state index contributed by atoms with van der Waals surface area (Å²) in [5.41, 5.74) is 0. The van der Waals surface area contributed by atoms with Crippen LogP contribution in [0, 0.1) is 0 Å². The Morgan fingerprint density at radius 1 is 0.439 bits per heavy atom. The van der Waals surface area contributed by atoms with Crippen LogP contribution in [-0.2, 0) is 14.3 Å². The fourth-order valence-corrected chi connectivity index (χ4v) is 8.99. The van der Waals surface area contributed by atoms with Crippen molar-refractivity contribution in [2.45, 2.75) is 328 Å². The predicted molar refractivity (Wildman–Crippen MR) is 287 cm³/mol. The molecular formula is C60H113NO5. The van der Waals surface area contributed by atoms with Crippen LogP contribution in [0.25, 0.3) is 0 Å². The van der Waals surface area contributed by atoms with Crippen LogP contribution in [0.4, 0.5) is 0 Å². The summed E-state index contributed by atoms with van der Waals surface area (Å²) in [6, 6.07) is -0.707. The highest BCUT2D eigenvalue weighted by atomic mass is 16.5. The first-order valence-corrected chi connectivity index (χ1v) is 29.2. The Hall–Kier alpha value is -1.92. The first kappa shape index (κ1) is 64.1. The fourth-order valence-electron chi connectivity index (χ4n) is 8.99. The van der Waals surface area contributed by atoms with E-state index in [9.17, 15) is 19.8 Å². The van der Waals surface area contributed by atoms with E-state index in [0.29, 0.717) is 19.3 Å². The molecule has 0 saturated heterocycles. The topological polar surface area (TPSA) is 95.9 Å². The molecule has 0 aliphatic heterocycles. The van der Waals surface area contributed by atoms with Crippen molar-refractivity contribution in [3.05, 3.63) is 36.5 Å². The van der Waals surface area contributed by atoms with E-state index in [1.54, 1.807) is 0 Å². The molecule has 0 aromatic heterocycles. The molecular weight excluding hydrogens is 815 g/mol. The lowest BCUT2D eigenvalue weighted by molar-refractivity contribution is -0.151. The number of esters is 1. The summed E-state index contributed by atoms with van der Waals surface area (Å²) in [4.78, 5) is 26.3. The van der Waals surface area contributed by atoms with E-state index in [-0.39, 0.29) is 24.9 Å². The number of unbranched alkanes of at least 4 members (excludes halogenated alkanes) is 35. The minimum absolute atomic E-state index is 0.0678. The molecule has 0 rings (SSSR count). The molecule has 388 valence electrons. The molecule has 0 heterocycles. The molecule has 0 radical (unpaired) electrons. The van der Waals surface area contributed by atoms with Gasteiger partial charge < -0.3 is 20.3 Å². The highest BCUT2D eigenvalue weighted by molar-refractivity contribution is 5.77. The van der Waals surface area contributed by atoms with Crippen molar-refractivity contribution in [1.29, 1.82) is 0 Å².